The van der Waals surface area contributed by atoms with E-state index in [1.807, 2.05) is 13.0 Å². The Morgan fingerprint density at radius 2 is 2.33 bits per heavy atom. The third-order valence-corrected chi connectivity index (χ3v) is 2.54. The minimum atomic E-state index is 0.920. The molecule has 0 aliphatic carbocycles. The molecule has 0 saturated carbocycles. The van der Waals surface area contributed by atoms with E-state index in [4.69, 9.17) is 0 Å². The molecule has 0 fully saturated rings. The van der Waals surface area contributed by atoms with Gasteiger partial charge in [0.1, 0.15) is 0 Å². The van der Waals surface area contributed by atoms with Gasteiger partial charge in [0, 0.05) is 9.81 Å². The Hall–Kier alpha value is 0.700. The van der Waals surface area contributed by atoms with Gasteiger partial charge in [-0.2, -0.15) is 0 Å². The van der Waals surface area contributed by atoms with Gasteiger partial charge in [-0.15, -0.1) is 0 Å². The molecule has 0 aromatic carbocycles. The first-order valence-corrected chi connectivity index (χ1v) is 3.59. The van der Waals surface area contributed by atoms with Crippen LogP contribution in [0.25, 0.3) is 0 Å². The van der Waals surface area contributed by atoms with E-state index in [1.54, 1.807) is 0 Å². The number of alkyl halides is 1. The second kappa shape index (κ2) is 3.88. The van der Waals surface area contributed by atoms with Gasteiger partial charge >= 0.3 is 0 Å². The van der Waals surface area contributed by atoms with E-state index in [-0.39, 0.29) is 0 Å². The normalized spacial score (nSPS) is 12.2. The number of halogens is 2. The molecule has 0 rings (SSSR count). The van der Waals surface area contributed by atoms with Gasteiger partial charge in [0.25, 0.3) is 0 Å². The summed E-state index contributed by atoms with van der Waals surface area (Å²) in [5.74, 6) is 0. The van der Waals surface area contributed by atoms with Gasteiger partial charge in [0.15, 0.2) is 0 Å². The Labute approximate surface area is 54.9 Å². The minimum Gasteiger partial charge on any atom is -0.0871 e. The van der Waals surface area contributed by atoms with Crippen LogP contribution in [0.1, 0.15) is 6.92 Å². The lowest BCUT2D eigenvalue weighted by Crippen LogP contribution is -1.63. The van der Waals surface area contributed by atoms with Crippen molar-refractivity contribution >= 4 is 31.9 Å². The van der Waals surface area contributed by atoms with Crippen molar-refractivity contribution < 1.29 is 0 Å². The molecule has 0 saturated heterocycles. The molecule has 2 heteroatoms. The molecule has 0 bridgehead atoms. The molecule has 0 N–H and O–H groups in total. The average molecular weight is 214 g/mol. The summed E-state index contributed by atoms with van der Waals surface area (Å²) in [7, 11) is 0. The van der Waals surface area contributed by atoms with Crippen LogP contribution in [0.4, 0.5) is 0 Å². The molecule has 0 aromatic heterocycles. The maximum atomic E-state index is 3.29. The van der Waals surface area contributed by atoms with E-state index in [0.29, 0.717) is 0 Å². The van der Waals surface area contributed by atoms with Crippen LogP contribution in [0.2, 0.25) is 0 Å². The van der Waals surface area contributed by atoms with E-state index < -0.39 is 0 Å². The fourth-order valence-corrected chi connectivity index (χ4v) is 0.401. The van der Waals surface area contributed by atoms with Crippen LogP contribution >= 0.6 is 31.9 Å². The zero-order chi connectivity index (χ0) is 4.99. The lowest BCUT2D eigenvalue weighted by Gasteiger charge is -1.80. The highest BCUT2D eigenvalue weighted by molar-refractivity contribution is 9.13. The van der Waals surface area contributed by atoms with Crippen molar-refractivity contribution in [3.63, 3.8) is 0 Å². The molecule has 0 heterocycles. The molecule has 0 aliphatic heterocycles. The summed E-state index contributed by atoms with van der Waals surface area (Å²) in [5.41, 5.74) is 0. The number of hydrogen-bond acceptors (Lipinski definition) is 0. The van der Waals surface area contributed by atoms with E-state index in [1.165, 1.54) is 4.48 Å². The molecular formula is C4H6Br2. The highest BCUT2D eigenvalue weighted by Gasteiger charge is 1.77. The molecule has 0 unspecified atom stereocenters. The molecule has 0 atom stereocenters. The number of hydrogen-bond donors (Lipinski definition) is 0. The van der Waals surface area contributed by atoms with Crippen LogP contribution in [0.15, 0.2) is 10.6 Å². The van der Waals surface area contributed by atoms with Crippen molar-refractivity contribution in [3.05, 3.63) is 10.6 Å². The summed E-state index contributed by atoms with van der Waals surface area (Å²) in [6, 6.07) is 0. The molecule has 0 spiro atoms. The molecule has 0 aliphatic rings. The number of allylic oxidation sites excluding steroid dienone is 2. The Balaban J connectivity index is 3.22. The first-order valence-electron chi connectivity index (χ1n) is 1.68. The molecule has 0 radical (unpaired) electrons. The fourth-order valence-electron chi connectivity index (χ4n) is 0.0772. The SMILES string of the molecule is C/C=C(\Br)CBr. The van der Waals surface area contributed by atoms with E-state index >= 15 is 0 Å². The van der Waals surface area contributed by atoms with Gasteiger partial charge in [-0.05, 0) is 6.92 Å². The second-order valence-corrected chi connectivity index (χ2v) is 2.45. The molecule has 0 amide bonds. The highest BCUT2D eigenvalue weighted by Crippen LogP contribution is 2.05. The second-order valence-electron chi connectivity index (χ2n) is 0.869. The predicted molar refractivity (Wildman–Crippen MR) is 36.5 cm³/mol. The van der Waals surface area contributed by atoms with E-state index in [9.17, 15) is 0 Å². The lowest BCUT2D eigenvalue weighted by molar-refractivity contribution is 1.64. The van der Waals surface area contributed by atoms with Gasteiger partial charge in [-0.25, -0.2) is 0 Å². The fraction of sp³-hybridized carbons (Fsp3) is 0.500. The minimum absolute atomic E-state index is 0.920. The molecule has 0 aromatic rings. The van der Waals surface area contributed by atoms with Crippen molar-refractivity contribution in [2.45, 2.75) is 6.92 Å². The Bertz CT molecular complexity index is 56.6. The van der Waals surface area contributed by atoms with Crippen LogP contribution in [0.3, 0.4) is 0 Å². The zero-order valence-electron chi connectivity index (χ0n) is 3.54. The largest absolute Gasteiger partial charge is 0.0871 e. The maximum Gasteiger partial charge on any atom is 0.0345 e. The van der Waals surface area contributed by atoms with Gasteiger partial charge in [0.2, 0.25) is 0 Å². The topological polar surface area (TPSA) is 0 Å². The first kappa shape index (κ1) is 6.70. The summed E-state index contributed by atoms with van der Waals surface area (Å²) in [4.78, 5) is 0. The third kappa shape index (κ3) is 2.91. The number of rotatable bonds is 1. The van der Waals surface area contributed by atoms with Gasteiger partial charge < -0.3 is 0 Å². The summed E-state index contributed by atoms with van der Waals surface area (Å²) in [6.45, 7) is 1.99. The highest BCUT2D eigenvalue weighted by atomic mass is 79.9. The van der Waals surface area contributed by atoms with Crippen LogP contribution in [-0.4, -0.2) is 5.33 Å². The summed E-state index contributed by atoms with van der Waals surface area (Å²) < 4.78 is 1.20. The van der Waals surface area contributed by atoms with Crippen LogP contribution in [0, 0.1) is 0 Å². The summed E-state index contributed by atoms with van der Waals surface area (Å²) in [6.07, 6.45) is 2.01. The van der Waals surface area contributed by atoms with E-state index in [0.717, 1.165) is 5.33 Å². The molecular weight excluding hydrogens is 208 g/mol. The van der Waals surface area contributed by atoms with Crippen LogP contribution < -0.4 is 0 Å². The lowest BCUT2D eigenvalue weighted by atomic mass is 10.6. The summed E-state index contributed by atoms with van der Waals surface area (Å²) >= 11 is 6.55. The van der Waals surface area contributed by atoms with Crippen molar-refractivity contribution in [1.82, 2.24) is 0 Å². The zero-order valence-corrected chi connectivity index (χ0v) is 6.71. The Morgan fingerprint density at radius 1 is 1.83 bits per heavy atom. The van der Waals surface area contributed by atoms with E-state index in [2.05, 4.69) is 31.9 Å². The van der Waals surface area contributed by atoms with Crippen LogP contribution in [0.5, 0.6) is 0 Å². The quantitative estimate of drug-likeness (QED) is 0.588. The van der Waals surface area contributed by atoms with Crippen molar-refractivity contribution in [1.29, 1.82) is 0 Å². The summed E-state index contributed by atoms with van der Waals surface area (Å²) in [5, 5.41) is 0.920. The third-order valence-electron chi connectivity index (χ3n) is 0.441. The van der Waals surface area contributed by atoms with Gasteiger partial charge in [-0.3, -0.25) is 0 Å². The predicted octanol–water partition coefficient (Wildman–Crippen LogP) is 2.68. The maximum absolute atomic E-state index is 3.29. The van der Waals surface area contributed by atoms with Crippen molar-refractivity contribution in [2.24, 2.45) is 0 Å². The van der Waals surface area contributed by atoms with Gasteiger partial charge in [0.05, 0.1) is 0 Å². The monoisotopic (exact) mass is 212 g/mol. The Morgan fingerprint density at radius 3 is 2.33 bits per heavy atom. The van der Waals surface area contributed by atoms with Crippen molar-refractivity contribution in [2.75, 3.05) is 5.33 Å². The molecule has 0 nitrogen and oxygen atoms in total. The van der Waals surface area contributed by atoms with Crippen molar-refractivity contribution in [3.8, 4) is 0 Å². The smallest absolute Gasteiger partial charge is 0.0345 e. The standard InChI is InChI=1S/C4H6Br2/c1-2-4(6)3-5/h2H,3H2,1H3/b4-2-. The molecule has 6 heavy (non-hydrogen) atoms. The average Bonchev–Trinajstić information content (AvgIpc) is 1.65. The molecule has 36 valence electrons. The van der Waals surface area contributed by atoms with Crippen LogP contribution in [-0.2, 0) is 0 Å². The Kier molecular flexibility index (Phi) is 4.33. The first-order chi connectivity index (χ1) is 2.81. The van der Waals surface area contributed by atoms with Gasteiger partial charge in [-0.1, -0.05) is 37.9 Å².